The molecule has 1 N–H and O–H groups in total. The van der Waals surface area contributed by atoms with Crippen molar-refractivity contribution in [2.24, 2.45) is 0 Å². The summed E-state index contributed by atoms with van der Waals surface area (Å²) in [5, 5.41) is 1.87. The summed E-state index contributed by atoms with van der Waals surface area (Å²) >= 11 is 6.01. The summed E-state index contributed by atoms with van der Waals surface area (Å²) in [5.74, 6) is -3.08. The number of halogens is 7. The highest BCUT2D eigenvalue weighted by molar-refractivity contribution is 7.92. The molecule has 40 heavy (non-hydrogen) atoms. The number of amides is 1. The predicted octanol–water partition coefficient (Wildman–Crippen LogP) is 6.12. The molecule has 1 heterocycles. The summed E-state index contributed by atoms with van der Waals surface area (Å²) in [6, 6.07) is 8.42. The van der Waals surface area contributed by atoms with Crippen LogP contribution in [0.3, 0.4) is 0 Å². The summed E-state index contributed by atoms with van der Waals surface area (Å²) in [6.45, 7) is 1.19. The van der Waals surface area contributed by atoms with Gasteiger partial charge in [0.05, 0.1) is 34.3 Å². The van der Waals surface area contributed by atoms with E-state index in [0.29, 0.717) is 18.2 Å². The number of hydrogen-bond acceptors (Lipinski definition) is 4. The Morgan fingerprint density at radius 2 is 1.77 bits per heavy atom. The number of carbonyl (C=O) groups is 1. The number of nitrogens with zero attached hydrogens (tertiary/aromatic N) is 1. The molecular formula is C26H21ClF6N2O4S. The Labute approximate surface area is 230 Å². The lowest BCUT2D eigenvalue weighted by Crippen LogP contribution is -2.50. The third kappa shape index (κ3) is 5.99. The Morgan fingerprint density at radius 1 is 1.07 bits per heavy atom. The van der Waals surface area contributed by atoms with Crippen LogP contribution in [0.15, 0.2) is 59.5 Å². The van der Waals surface area contributed by atoms with E-state index in [-0.39, 0.29) is 29.1 Å². The van der Waals surface area contributed by atoms with E-state index in [9.17, 15) is 39.6 Å². The van der Waals surface area contributed by atoms with E-state index in [0.717, 1.165) is 36.4 Å². The lowest BCUT2D eigenvalue weighted by molar-refractivity contribution is -0.137. The van der Waals surface area contributed by atoms with Crippen molar-refractivity contribution in [3.63, 3.8) is 0 Å². The molecule has 0 radical (unpaired) electrons. The molecule has 0 unspecified atom stereocenters. The zero-order valence-corrected chi connectivity index (χ0v) is 22.4. The monoisotopic (exact) mass is 606 g/mol. The minimum atomic E-state index is -4.83. The van der Waals surface area contributed by atoms with Gasteiger partial charge in [0.15, 0.2) is 5.67 Å². The van der Waals surface area contributed by atoms with Crippen LogP contribution >= 0.6 is 11.6 Å². The third-order valence-corrected chi connectivity index (χ3v) is 8.13. The smallest absolute Gasteiger partial charge is 0.416 e. The molecule has 4 rings (SSSR count). The van der Waals surface area contributed by atoms with Gasteiger partial charge in [-0.05, 0) is 55.8 Å². The zero-order chi connectivity index (χ0) is 29.6. The van der Waals surface area contributed by atoms with Gasteiger partial charge in [0.25, 0.3) is 15.9 Å². The molecule has 3 aromatic carbocycles. The minimum Gasteiger partial charge on any atom is -0.484 e. The molecule has 1 aliphatic rings. The lowest BCUT2D eigenvalue weighted by Gasteiger charge is -2.36. The van der Waals surface area contributed by atoms with Crippen molar-refractivity contribution in [3.05, 3.63) is 76.8 Å². The maximum Gasteiger partial charge on any atom is 0.416 e. The van der Waals surface area contributed by atoms with E-state index in [2.05, 4.69) is 5.32 Å². The molecule has 0 saturated carbocycles. The van der Waals surface area contributed by atoms with Gasteiger partial charge in [-0.2, -0.15) is 13.2 Å². The molecule has 0 fully saturated rings. The van der Waals surface area contributed by atoms with Crippen LogP contribution in [0.1, 0.15) is 19.4 Å². The predicted molar refractivity (Wildman–Crippen MR) is 135 cm³/mol. The summed E-state index contributed by atoms with van der Waals surface area (Å²) < 4.78 is 116. The number of benzene rings is 3. The van der Waals surface area contributed by atoms with Crippen molar-refractivity contribution >= 4 is 33.2 Å². The quantitative estimate of drug-likeness (QED) is 0.271. The first-order valence-electron chi connectivity index (χ1n) is 11.6. The minimum absolute atomic E-state index is 0.0719. The van der Waals surface area contributed by atoms with Crippen LogP contribution in [0.2, 0.25) is 5.02 Å². The fourth-order valence-corrected chi connectivity index (χ4v) is 5.72. The van der Waals surface area contributed by atoms with E-state index in [1.54, 1.807) is 0 Å². The van der Waals surface area contributed by atoms with Crippen molar-refractivity contribution in [2.75, 3.05) is 17.4 Å². The van der Waals surface area contributed by atoms with E-state index in [1.165, 1.54) is 18.2 Å². The molecule has 0 bridgehead atoms. The van der Waals surface area contributed by atoms with Crippen molar-refractivity contribution < 1.29 is 44.3 Å². The van der Waals surface area contributed by atoms with Crippen molar-refractivity contribution in [1.82, 2.24) is 5.32 Å². The third-order valence-electron chi connectivity index (χ3n) is 5.97. The molecule has 1 amide bonds. The van der Waals surface area contributed by atoms with Crippen molar-refractivity contribution in [3.8, 4) is 16.9 Å². The van der Waals surface area contributed by atoms with E-state index < -0.39 is 67.5 Å². The molecular weight excluding hydrogens is 586 g/mol. The van der Waals surface area contributed by atoms with E-state index in [1.807, 2.05) is 0 Å². The molecule has 0 aliphatic carbocycles. The van der Waals surface area contributed by atoms with Gasteiger partial charge in [0.1, 0.15) is 23.5 Å². The van der Waals surface area contributed by atoms with Crippen LogP contribution in [0, 0.1) is 11.6 Å². The van der Waals surface area contributed by atoms with Gasteiger partial charge < -0.3 is 10.1 Å². The van der Waals surface area contributed by atoms with Crippen LogP contribution < -0.4 is 14.4 Å². The Morgan fingerprint density at radius 3 is 2.42 bits per heavy atom. The summed E-state index contributed by atoms with van der Waals surface area (Å²) in [6.07, 6.45) is -5.91. The first kappa shape index (κ1) is 29.5. The number of nitrogens with one attached hydrogen (secondary N) is 1. The second-order valence-electron chi connectivity index (χ2n) is 9.42. The van der Waals surface area contributed by atoms with Gasteiger partial charge in [0, 0.05) is 11.6 Å². The molecule has 1 aliphatic heterocycles. The number of sulfonamides is 1. The van der Waals surface area contributed by atoms with E-state index in [4.69, 9.17) is 16.3 Å². The zero-order valence-electron chi connectivity index (χ0n) is 20.8. The van der Waals surface area contributed by atoms with Gasteiger partial charge >= 0.3 is 6.18 Å². The first-order chi connectivity index (χ1) is 18.5. The average Bonchev–Trinajstić information content (AvgIpc) is 2.87. The fourth-order valence-electron chi connectivity index (χ4n) is 3.96. The second-order valence-corrected chi connectivity index (χ2v) is 11.7. The van der Waals surface area contributed by atoms with Gasteiger partial charge in [-0.25, -0.2) is 21.6 Å². The van der Waals surface area contributed by atoms with Gasteiger partial charge in [-0.15, -0.1) is 0 Å². The highest BCUT2D eigenvalue weighted by atomic mass is 35.5. The SMILES string of the molecule is CC(C)(F)C(=O)NC[C@H]1CN(S(=O)(=O)c2cccc(C(F)(F)F)c2)c2cc(-c3cc(F)cc(F)c3Cl)ccc2O1. The molecule has 1 atom stereocenters. The van der Waals surface area contributed by atoms with Gasteiger partial charge in [-0.1, -0.05) is 23.7 Å². The maximum absolute atomic E-state index is 14.1. The largest absolute Gasteiger partial charge is 0.484 e. The number of ether oxygens (including phenoxy) is 1. The number of anilines is 1. The Kier molecular flexibility index (Phi) is 7.76. The topological polar surface area (TPSA) is 75.7 Å². The van der Waals surface area contributed by atoms with Crippen LogP contribution in [0.4, 0.5) is 32.0 Å². The summed E-state index contributed by atoms with van der Waals surface area (Å²) in [4.78, 5) is 11.3. The van der Waals surface area contributed by atoms with Crippen LogP contribution in [-0.2, 0) is 21.0 Å². The molecule has 14 heteroatoms. The van der Waals surface area contributed by atoms with E-state index >= 15 is 0 Å². The number of rotatable bonds is 6. The summed E-state index contributed by atoms with van der Waals surface area (Å²) in [5.41, 5.74) is -3.64. The highest BCUT2D eigenvalue weighted by Gasteiger charge is 2.38. The first-order valence-corrected chi connectivity index (χ1v) is 13.4. The molecule has 3 aromatic rings. The number of alkyl halides is 4. The van der Waals surface area contributed by atoms with Gasteiger partial charge in [-0.3, -0.25) is 9.10 Å². The second kappa shape index (κ2) is 10.5. The highest BCUT2D eigenvalue weighted by Crippen LogP contribution is 2.42. The number of fused-ring (bicyclic) bond motifs is 1. The Hall–Kier alpha value is -3.45. The van der Waals surface area contributed by atoms with Crippen molar-refractivity contribution in [1.29, 1.82) is 0 Å². The summed E-state index contributed by atoms with van der Waals surface area (Å²) in [7, 11) is -4.70. The average molecular weight is 607 g/mol. The molecule has 6 nitrogen and oxygen atoms in total. The normalized spacial score (nSPS) is 15.8. The molecule has 0 saturated heterocycles. The number of hydrogen-bond donors (Lipinski definition) is 1. The Bertz CT molecular complexity index is 1570. The number of carbonyl (C=O) groups excluding carboxylic acids is 1. The maximum atomic E-state index is 14.1. The van der Waals surface area contributed by atoms with Crippen LogP contribution in [0.5, 0.6) is 5.75 Å². The van der Waals surface area contributed by atoms with Crippen LogP contribution in [-0.4, -0.2) is 39.2 Å². The molecule has 0 spiro atoms. The molecule has 0 aromatic heterocycles. The Balaban J connectivity index is 1.81. The fraction of sp³-hybridized carbons (Fsp3) is 0.269. The lowest BCUT2D eigenvalue weighted by atomic mass is 10.0. The standard InChI is InChI=1S/C26H21ClF6N2O4S/c1-25(2,30)24(36)34-12-17-13-35(40(37,38)18-5-3-4-15(9-18)26(31,32)33)21-8-14(6-7-22(21)39-17)19-10-16(28)11-20(29)23(19)27/h3-11,17H,12-13H2,1-2H3,(H,34,36)/t17-/m0/s1. The molecule has 214 valence electrons. The van der Waals surface area contributed by atoms with Crippen molar-refractivity contribution in [2.45, 2.75) is 36.7 Å². The van der Waals surface area contributed by atoms with Gasteiger partial charge in [0.2, 0.25) is 0 Å². The van der Waals surface area contributed by atoms with Crippen LogP contribution in [0.25, 0.3) is 11.1 Å².